The van der Waals surface area contributed by atoms with Crippen molar-refractivity contribution in [3.63, 3.8) is 0 Å². The predicted molar refractivity (Wildman–Crippen MR) is 84.2 cm³/mol. The summed E-state index contributed by atoms with van der Waals surface area (Å²) in [6, 6.07) is 0. The van der Waals surface area contributed by atoms with Gasteiger partial charge in [0.2, 0.25) is 18.3 Å². The molecule has 0 saturated carbocycles. The highest BCUT2D eigenvalue weighted by Gasteiger charge is 2.59. The van der Waals surface area contributed by atoms with Crippen LogP contribution in [0, 0.1) is 0 Å². The fourth-order valence-electron chi connectivity index (χ4n) is 1.78. The third kappa shape index (κ3) is 6.58. The van der Waals surface area contributed by atoms with Crippen molar-refractivity contribution in [3.8, 4) is 0 Å². The molecule has 148 valence electrons. The fraction of sp³-hybridized carbons (Fsp3) is 0.571. The molecular weight excluding hydrogens is 368 g/mol. The van der Waals surface area contributed by atoms with Crippen molar-refractivity contribution in [2.45, 2.75) is 45.1 Å². The highest BCUT2D eigenvalue weighted by Crippen LogP contribution is 2.36. The van der Waals surface area contributed by atoms with E-state index < -0.39 is 24.8 Å². The van der Waals surface area contributed by atoms with Crippen molar-refractivity contribution < 1.29 is 31.1 Å². The van der Waals surface area contributed by atoms with Crippen LogP contribution in [0.5, 0.6) is 0 Å². The Balaban J connectivity index is 3.06. The van der Waals surface area contributed by atoms with Crippen LogP contribution in [-0.2, 0) is 4.74 Å². The average Bonchev–Trinajstić information content (AvgIpc) is 2.54. The summed E-state index contributed by atoms with van der Waals surface area (Å²) in [6.45, 7) is 3.58. The summed E-state index contributed by atoms with van der Waals surface area (Å²) in [5, 5.41) is 7.56. The molecule has 1 rings (SSSR count). The molecule has 0 fully saturated rings. The number of hydrogen-bond donors (Lipinski definition) is 3. The van der Waals surface area contributed by atoms with Gasteiger partial charge in [0.15, 0.2) is 0 Å². The summed E-state index contributed by atoms with van der Waals surface area (Å²) < 4.78 is 80.0. The molecule has 0 bridgehead atoms. The third-order valence-corrected chi connectivity index (χ3v) is 2.98. The summed E-state index contributed by atoms with van der Waals surface area (Å²) in [5.74, 6) is -0.202. The molecule has 12 heteroatoms. The lowest BCUT2D eigenvalue weighted by molar-refractivity contribution is -0.331. The first-order chi connectivity index (χ1) is 12.0. The second kappa shape index (κ2) is 8.92. The Morgan fingerprint density at radius 3 is 2.38 bits per heavy atom. The van der Waals surface area contributed by atoms with E-state index in [-0.39, 0.29) is 11.9 Å². The van der Waals surface area contributed by atoms with Crippen LogP contribution in [-0.4, -0.2) is 43.8 Å². The molecule has 1 unspecified atom stereocenters. The smallest absolute Gasteiger partial charge is 0.330 e. The third-order valence-electron chi connectivity index (χ3n) is 2.98. The van der Waals surface area contributed by atoms with Crippen molar-refractivity contribution in [2.24, 2.45) is 9.98 Å². The molecule has 0 saturated heterocycles. The molecule has 1 aliphatic rings. The number of guanidine groups is 2. The number of rotatable bonds is 5. The number of halogens is 6. The van der Waals surface area contributed by atoms with E-state index in [0.717, 1.165) is 0 Å². The Bertz CT molecular complexity index is 580. The van der Waals surface area contributed by atoms with Crippen molar-refractivity contribution in [3.05, 3.63) is 23.9 Å². The lowest BCUT2D eigenvalue weighted by atomic mass is 10.3. The molecule has 1 atom stereocenters. The maximum atomic E-state index is 12.7. The van der Waals surface area contributed by atoms with E-state index in [2.05, 4.69) is 30.7 Å². The normalized spacial score (nSPS) is 21.0. The maximum Gasteiger partial charge on any atom is 0.423 e. The topological polar surface area (TPSA) is 70.0 Å². The van der Waals surface area contributed by atoms with E-state index >= 15 is 0 Å². The van der Waals surface area contributed by atoms with Crippen molar-refractivity contribution in [2.75, 3.05) is 7.05 Å². The van der Waals surface area contributed by atoms with E-state index in [4.69, 9.17) is 0 Å². The van der Waals surface area contributed by atoms with Crippen LogP contribution in [0.1, 0.15) is 20.3 Å². The maximum absolute atomic E-state index is 12.7. The second-order valence-corrected chi connectivity index (χ2v) is 4.97. The highest BCUT2D eigenvalue weighted by atomic mass is 19.4. The van der Waals surface area contributed by atoms with Crippen LogP contribution >= 0.6 is 0 Å². The number of allylic oxidation sites excluding steroid dienone is 4. The molecule has 6 nitrogen and oxygen atoms in total. The van der Waals surface area contributed by atoms with Gasteiger partial charge in [0.05, 0.1) is 0 Å². The monoisotopic (exact) mass is 387 g/mol. The zero-order chi connectivity index (χ0) is 20.0. The van der Waals surface area contributed by atoms with Gasteiger partial charge < -0.3 is 15.4 Å². The molecule has 0 aliphatic carbocycles. The van der Waals surface area contributed by atoms with Gasteiger partial charge >= 0.3 is 12.4 Å². The van der Waals surface area contributed by atoms with Gasteiger partial charge in [-0.3, -0.25) is 10.3 Å². The summed E-state index contributed by atoms with van der Waals surface area (Å²) in [6.07, 6.45) is -11.6. The molecule has 1 heterocycles. The number of hydrogen-bond acceptors (Lipinski definition) is 4. The minimum absolute atomic E-state index is 0.0999. The number of alkyl halides is 6. The first-order valence-corrected chi connectivity index (χ1v) is 7.47. The van der Waals surface area contributed by atoms with E-state index in [9.17, 15) is 26.3 Å². The fourth-order valence-corrected chi connectivity index (χ4v) is 1.78. The Morgan fingerprint density at radius 2 is 1.92 bits per heavy atom. The van der Waals surface area contributed by atoms with Crippen LogP contribution in [0.4, 0.5) is 26.3 Å². The number of nitrogens with one attached hydrogen (secondary N) is 3. The van der Waals surface area contributed by atoms with E-state index in [1.54, 1.807) is 32.1 Å². The summed E-state index contributed by atoms with van der Waals surface area (Å²) in [5.41, 5.74) is 0.619. The molecule has 0 amide bonds. The predicted octanol–water partition coefficient (Wildman–Crippen LogP) is 2.77. The molecule has 0 radical (unpaired) electrons. The molecule has 0 aromatic heterocycles. The van der Waals surface area contributed by atoms with Crippen LogP contribution in [0.25, 0.3) is 0 Å². The summed E-state index contributed by atoms with van der Waals surface area (Å²) in [4.78, 5) is 7.33. The second-order valence-electron chi connectivity index (χ2n) is 4.97. The lowest BCUT2D eigenvalue weighted by Gasteiger charge is -2.30. The van der Waals surface area contributed by atoms with E-state index in [1.165, 1.54) is 7.05 Å². The van der Waals surface area contributed by atoms with Crippen molar-refractivity contribution in [1.82, 2.24) is 16.0 Å². The van der Waals surface area contributed by atoms with Crippen molar-refractivity contribution >= 4 is 11.9 Å². The minimum atomic E-state index is -5.64. The Hall–Kier alpha value is -2.24. The van der Waals surface area contributed by atoms with Gasteiger partial charge in [-0.25, -0.2) is 0 Å². The largest absolute Gasteiger partial charge is 0.423 e. The lowest BCUT2D eigenvalue weighted by Crippen LogP contribution is -2.58. The van der Waals surface area contributed by atoms with Crippen LogP contribution in [0.3, 0.4) is 0 Å². The van der Waals surface area contributed by atoms with Gasteiger partial charge in [0, 0.05) is 12.7 Å². The van der Waals surface area contributed by atoms with Crippen molar-refractivity contribution in [1.29, 1.82) is 0 Å². The molecule has 0 spiro atoms. The molecule has 26 heavy (non-hydrogen) atoms. The van der Waals surface area contributed by atoms with Crippen LogP contribution in [0.2, 0.25) is 0 Å². The zero-order valence-corrected chi connectivity index (χ0v) is 14.2. The van der Waals surface area contributed by atoms with Crippen LogP contribution in [0.15, 0.2) is 33.9 Å². The highest BCUT2D eigenvalue weighted by molar-refractivity contribution is 6.00. The Labute approximate surface area is 146 Å². The zero-order valence-electron chi connectivity index (χ0n) is 14.2. The molecular formula is C14H19F6N5O. The van der Waals surface area contributed by atoms with Gasteiger partial charge in [0.25, 0.3) is 6.10 Å². The Kier molecular flexibility index (Phi) is 7.48. The quantitative estimate of drug-likeness (QED) is 0.501. The number of ether oxygens (including phenoxy) is 1. The van der Waals surface area contributed by atoms with E-state index in [1.807, 2.05) is 0 Å². The number of aliphatic imine (C=N–C) groups is 2. The molecule has 1 aliphatic heterocycles. The SMILES string of the molecule is C/C=C\C=C(/CC)NC1=NC(OC(C(F)(F)F)C(F)(F)F)NC(=NC)N1. The molecule has 3 N–H and O–H groups in total. The average molecular weight is 387 g/mol. The number of nitrogens with zero attached hydrogens (tertiary/aromatic N) is 2. The van der Waals surface area contributed by atoms with Gasteiger partial charge in [-0.15, -0.1) is 0 Å². The Morgan fingerprint density at radius 1 is 1.31 bits per heavy atom. The van der Waals surface area contributed by atoms with Gasteiger partial charge in [-0.05, 0) is 19.4 Å². The van der Waals surface area contributed by atoms with Gasteiger partial charge in [-0.2, -0.15) is 31.3 Å². The first kappa shape index (κ1) is 21.8. The molecule has 0 aromatic carbocycles. The standard InChI is InChI=1S/C14H19F6N5O/c1-4-6-7-8(5-2)22-11-23-10(21-3)24-12(25-11)26-9(13(15,16)17)14(18,19)20/h4,6-7,9,12H,5H2,1-3H3,(H3,21,22,23,24,25)/b6-4-,8-7+. The van der Waals surface area contributed by atoms with Crippen LogP contribution < -0.4 is 16.0 Å². The minimum Gasteiger partial charge on any atom is -0.330 e. The van der Waals surface area contributed by atoms with Gasteiger partial charge in [-0.1, -0.05) is 19.1 Å². The summed E-state index contributed by atoms with van der Waals surface area (Å²) >= 11 is 0. The molecule has 0 aromatic rings. The summed E-state index contributed by atoms with van der Waals surface area (Å²) in [7, 11) is 1.29. The first-order valence-electron chi connectivity index (χ1n) is 7.47. The van der Waals surface area contributed by atoms with Gasteiger partial charge in [0.1, 0.15) is 0 Å². The van der Waals surface area contributed by atoms with E-state index in [0.29, 0.717) is 12.1 Å².